The van der Waals surface area contributed by atoms with Crippen molar-refractivity contribution in [1.82, 2.24) is 10.6 Å². The maximum atomic E-state index is 12.6. The van der Waals surface area contributed by atoms with Crippen molar-refractivity contribution in [1.29, 1.82) is 0 Å². The molecule has 150 valence electrons. The van der Waals surface area contributed by atoms with Gasteiger partial charge in [-0.25, -0.2) is 9.59 Å². The fourth-order valence-electron chi connectivity index (χ4n) is 2.49. The zero-order valence-corrected chi connectivity index (χ0v) is 16.7. The smallest absolute Gasteiger partial charge is 0.408 e. The Morgan fingerprint density at radius 1 is 1.00 bits per heavy atom. The number of ether oxygens (including phenoxy) is 2. The molecule has 0 bridgehead atoms. The third kappa shape index (κ3) is 8.11. The number of amides is 2. The summed E-state index contributed by atoms with van der Waals surface area (Å²) in [4.78, 5) is 36.6. The van der Waals surface area contributed by atoms with E-state index < -0.39 is 30.1 Å². The Kier molecular flexibility index (Phi) is 9.33. The SMILES string of the molecule is COC(=O)[C@H](NC(=O)[C@H](CC(C)C)NC(=O)OCc1ccccc1)C(C)C. The lowest BCUT2D eigenvalue weighted by Crippen LogP contribution is -2.53. The molecule has 7 heteroatoms. The molecule has 1 rings (SSSR count). The molecule has 2 amide bonds. The molecular formula is C20H30N2O5. The second-order valence-corrected chi connectivity index (χ2v) is 7.14. The van der Waals surface area contributed by atoms with Crippen LogP contribution >= 0.6 is 0 Å². The van der Waals surface area contributed by atoms with Crippen LogP contribution in [0.1, 0.15) is 39.7 Å². The lowest BCUT2D eigenvalue weighted by atomic mass is 10.0. The van der Waals surface area contributed by atoms with Gasteiger partial charge in [0.05, 0.1) is 7.11 Å². The van der Waals surface area contributed by atoms with Gasteiger partial charge < -0.3 is 20.1 Å². The Hall–Kier alpha value is -2.57. The Morgan fingerprint density at radius 2 is 1.63 bits per heavy atom. The molecule has 0 unspecified atom stereocenters. The zero-order valence-electron chi connectivity index (χ0n) is 16.7. The molecule has 1 aromatic carbocycles. The monoisotopic (exact) mass is 378 g/mol. The zero-order chi connectivity index (χ0) is 20.4. The third-order valence-corrected chi connectivity index (χ3v) is 3.95. The third-order valence-electron chi connectivity index (χ3n) is 3.95. The van der Waals surface area contributed by atoms with Crippen molar-refractivity contribution >= 4 is 18.0 Å². The van der Waals surface area contributed by atoms with E-state index in [9.17, 15) is 14.4 Å². The minimum Gasteiger partial charge on any atom is -0.467 e. The van der Waals surface area contributed by atoms with Crippen molar-refractivity contribution in [2.75, 3.05) is 7.11 Å². The molecule has 0 aromatic heterocycles. The van der Waals surface area contributed by atoms with Crippen LogP contribution in [0.2, 0.25) is 0 Å². The van der Waals surface area contributed by atoms with Gasteiger partial charge in [0.2, 0.25) is 5.91 Å². The van der Waals surface area contributed by atoms with E-state index in [0.29, 0.717) is 6.42 Å². The number of rotatable bonds is 9. The molecule has 0 saturated heterocycles. The largest absolute Gasteiger partial charge is 0.467 e. The summed E-state index contributed by atoms with van der Waals surface area (Å²) in [7, 11) is 1.27. The van der Waals surface area contributed by atoms with E-state index in [4.69, 9.17) is 9.47 Å². The van der Waals surface area contributed by atoms with Crippen molar-refractivity contribution in [3.8, 4) is 0 Å². The van der Waals surface area contributed by atoms with Gasteiger partial charge in [0.25, 0.3) is 0 Å². The second kappa shape index (κ2) is 11.2. The molecule has 0 fully saturated rings. The highest BCUT2D eigenvalue weighted by atomic mass is 16.5. The summed E-state index contributed by atoms with van der Waals surface area (Å²) in [5.41, 5.74) is 0.850. The minimum atomic E-state index is -0.806. The highest BCUT2D eigenvalue weighted by Crippen LogP contribution is 2.09. The molecule has 7 nitrogen and oxygen atoms in total. The summed E-state index contributed by atoms with van der Waals surface area (Å²) in [6.45, 7) is 7.61. The van der Waals surface area contributed by atoms with E-state index in [1.165, 1.54) is 7.11 Å². The van der Waals surface area contributed by atoms with Gasteiger partial charge in [-0.1, -0.05) is 58.0 Å². The first-order valence-electron chi connectivity index (χ1n) is 9.10. The number of benzene rings is 1. The van der Waals surface area contributed by atoms with Gasteiger partial charge in [-0.15, -0.1) is 0 Å². The Labute approximate surface area is 160 Å². The van der Waals surface area contributed by atoms with Crippen LogP contribution in [0.25, 0.3) is 0 Å². The Morgan fingerprint density at radius 3 is 2.15 bits per heavy atom. The average Bonchev–Trinajstić information content (AvgIpc) is 2.63. The van der Waals surface area contributed by atoms with Crippen LogP contribution in [0.5, 0.6) is 0 Å². The second-order valence-electron chi connectivity index (χ2n) is 7.14. The summed E-state index contributed by atoms with van der Waals surface area (Å²) in [5.74, 6) is -0.949. The van der Waals surface area contributed by atoms with Gasteiger partial charge in [0, 0.05) is 0 Å². The van der Waals surface area contributed by atoms with Gasteiger partial charge in [-0.05, 0) is 23.8 Å². The standard InChI is InChI=1S/C20H30N2O5/c1-13(2)11-16(18(23)22-17(14(3)4)19(24)26-5)21-20(25)27-12-15-9-7-6-8-10-15/h6-10,13-14,16-17H,11-12H2,1-5H3,(H,21,25)(H,22,23)/t16-,17+/m0/s1. The van der Waals surface area contributed by atoms with Crippen LogP contribution in [0.3, 0.4) is 0 Å². The normalized spacial score (nSPS) is 13.0. The quantitative estimate of drug-likeness (QED) is 0.644. The lowest BCUT2D eigenvalue weighted by Gasteiger charge is -2.25. The van der Waals surface area contributed by atoms with E-state index in [-0.39, 0.29) is 18.4 Å². The first kappa shape index (κ1) is 22.5. The summed E-state index contributed by atoms with van der Waals surface area (Å²) in [6.07, 6.45) is -0.267. The number of esters is 1. The number of alkyl carbamates (subject to hydrolysis) is 1. The van der Waals surface area contributed by atoms with E-state index in [2.05, 4.69) is 10.6 Å². The van der Waals surface area contributed by atoms with Crippen LogP contribution in [-0.2, 0) is 25.7 Å². The van der Waals surface area contributed by atoms with Crippen LogP contribution in [-0.4, -0.2) is 37.2 Å². The molecule has 2 atom stereocenters. The predicted molar refractivity (Wildman–Crippen MR) is 102 cm³/mol. The van der Waals surface area contributed by atoms with Crippen LogP contribution in [0, 0.1) is 11.8 Å². The van der Waals surface area contributed by atoms with E-state index in [0.717, 1.165) is 5.56 Å². The lowest BCUT2D eigenvalue weighted by molar-refractivity contribution is -0.146. The predicted octanol–water partition coefficient (Wildman–Crippen LogP) is 2.64. The molecule has 1 aromatic rings. The number of hydrogen-bond donors (Lipinski definition) is 2. The highest BCUT2D eigenvalue weighted by Gasteiger charge is 2.30. The van der Waals surface area contributed by atoms with Gasteiger partial charge in [0.15, 0.2) is 0 Å². The summed E-state index contributed by atoms with van der Waals surface area (Å²) in [6, 6.07) is 7.68. The highest BCUT2D eigenvalue weighted by molar-refractivity contribution is 5.89. The minimum absolute atomic E-state index is 0.111. The van der Waals surface area contributed by atoms with Crippen LogP contribution < -0.4 is 10.6 Å². The number of methoxy groups -OCH3 is 1. The van der Waals surface area contributed by atoms with Crippen LogP contribution in [0.4, 0.5) is 4.79 Å². The molecule has 0 heterocycles. The van der Waals surface area contributed by atoms with Crippen LogP contribution in [0.15, 0.2) is 30.3 Å². The Balaban J connectivity index is 2.71. The van der Waals surface area contributed by atoms with Crippen molar-refractivity contribution < 1.29 is 23.9 Å². The van der Waals surface area contributed by atoms with Crippen molar-refractivity contribution in [3.63, 3.8) is 0 Å². The molecule has 0 radical (unpaired) electrons. The van der Waals surface area contributed by atoms with E-state index in [1.54, 1.807) is 13.8 Å². The fourth-order valence-corrected chi connectivity index (χ4v) is 2.49. The fraction of sp³-hybridized carbons (Fsp3) is 0.550. The topological polar surface area (TPSA) is 93.7 Å². The molecule has 27 heavy (non-hydrogen) atoms. The first-order valence-corrected chi connectivity index (χ1v) is 9.10. The molecule has 2 N–H and O–H groups in total. The molecule has 0 aliphatic rings. The van der Waals surface area contributed by atoms with Crippen molar-refractivity contribution in [2.45, 2.75) is 52.8 Å². The summed E-state index contributed by atoms with van der Waals surface area (Å²) < 4.78 is 9.93. The number of hydrogen-bond acceptors (Lipinski definition) is 5. The maximum Gasteiger partial charge on any atom is 0.408 e. The first-order chi connectivity index (χ1) is 12.7. The van der Waals surface area contributed by atoms with E-state index in [1.807, 2.05) is 44.2 Å². The van der Waals surface area contributed by atoms with Gasteiger partial charge >= 0.3 is 12.1 Å². The average molecular weight is 378 g/mol. The number of nitrogens with one attached hydrogen (secondary N) is 2. The van der Waals surface area contributed by atoms with Crippen molar-refractivity contribution in [2.24, 2.45) is 11.8 Å². The number of carbonyl (C=O) groups excluding carboxylic acids is 3. The van der Waals surface area contributed by atoms with Gasteiger partial charge in [0.1, 0.15) is 18.7 Å². The molecule has 0 aliphatic carbocycles. The van der Waals surface area contributed by atoms with Gasteiger partial charge in [-0.3, -0.25) is 4.79 Å². The molecule has 0 spiro atoms. The molecule has 0 saturated carbocycles. The summed E-state index contributed by atoms with van der Waals surface area (Å²) >= 11 is 0. The maximum absolute atomic E-state index is 12.6. The summed E-state index contributed by atoms with van der Waals surface area (Å²) in [5, 5.41) is 5.26. The van der Waals surface area contributed by atoms with Gasteiger partial charge in [-0.2, -0.15) is 0 Å². The number of carbonyl (C=O) groups is 3. The van der Waals surface area contributed by atoms with E-state index >= 15 is 0 Å². The van der Waals surface area contributed by atoms with Crippen molar-refractivity contribution in [3.05, 3.63) is 35.9 Å². The molecular weight excluding hydrogens is 348 g/mol. The Bertz CT molecular complexity index is 616. The molecule has 0 aliphatic heterocycles.